The first kappa shape index (κ1) is 18.4. The fourth-order valence-electron chi connectivity index (χ4n) is 3.06. The van der Waals surface area contributed by atoms with Crippen molar-refractivity contribution in [3.63, 3.8) is 0 Å². The lowest BCUT2D eigenvalue weighted by Gasteiger charge is -2.00. The Balaban J connectivity index is 1.68. The molecule has 0 radical (unpaired) electrons. The summed E-state index contributed by atoms with van der Waals surface area (Å²) in [6, 6.07) is 27.0. The third kappa shape index (κ3) is 4.17. The summed E-state index contributed by atoms with van der Waals surface area (Å²) in [6.07, 6.45) is 5.34. The molecule has 4 aromatic rings. The number of hydrogen-bond acceptors (Lipinski definition) is 3. The molecule has 4 rings (SSSR count). The Bertz CT molecular complexity index is 1130. The number of allylic oxidation sites excluding steroid dienone is 1. The first-order chi connectivity index (χ1) is 14.2. The molecule has 3 aromatic carbocycles. The molecular weight excluding hydrogens is 360 g/mol. The molecule has 0 atom stereocenters. The molecule has 0 amide bonds. The average molecular weight is 380 g/mol. The summed E-state index contributed by atoms with van der Waals surface area (Å²) < 4.78 is 6.98. The van der Waals surface area contributed by atoms with E-state index in [1.807, 2.05) is 77.6 Å². The van der Waals surface area contributed by atoms with Gasteiger partial charge in [0.25, 0.3) is 0 Å². The van der Waals surface area contributed by atoms with Crippen molar-refractivity contribution in [3.05, 3.63) is 108 Å². The number of ether oxygens (including phenoxy) is 1. The number of ketones is 1. The van der Waals surface area contributed by atoms with Crippen LogP contribution in [-0.2, 0) is 0 Å². The van der Waals surface area contributed by atoms with Crippen LogP contribution in [0.5, 0.6) is 5.75 Å². The zero-order valence-corrected chi connectivity index (χ0v) is 16.0. The number of carbonyl (C=O) groups excluding carboxylic acids is 1. The molecule has 142 valence electrons. The zero-order chi connectivity index (χ0) is 20.1. The van der Waals surface area contributed by atoms with E-state index in [1.54, 1.807) is 37.5 Å². The maximum atomic E-state index is 12.6. The van der Waals surface area contributed by atoms with Crippen molar-refractivity contribution in [2.24, 2.45) is 0 Å². The summed E-state index contributed by atoms with van der Waals surface area (Å²) in [4.78, 5) is 12.6. The molecule has 0 aliphatic heterocycles. The number of hydrogen-bond donors (Lipinski definition) is 0. The van der Waals surface area contributed by atoms with Gasteiger partial charge < -0.3 is 4.74 Å². The van der Waals surface area contributed by atoms with Gasteiger partial charge in [0.15, 0.2) is 5.78 Å². The average Bonchev–Trinajstić information content (AvgIpc) is 3.23. The van der Waals surface area contributed by atoms with Crippen molar-refractivity contribution < 1.29 is 9.53 Å². The molecular formula is C25H20N2O2. The molecule has 0 bridgehead atoms. The van der Waals surface area contributed by atoms with Gasteiger partial charge in [-0.05, 0) is 48.6 Å². The number of carbonyl (C=O) groups is 1. The fourth-order valence-corrected chi connectivity index (χ4v) is 3.06. The first-order valence-corrected chi connectivity index (χ1v) is 9.31. The Kier molecular flexibility index (Phi) is 5.34. The maximum Gasteiger partial charge on any atom is 0.185 e. The van der Waals surface area contributed by atoms with Crippen LogP contribution in [0.4, 0.5) is 0 Å². The van der Waals surface area contributed by atoms with Crippen LogP contribution in [0.3, 0.4) is 0 Å². The molecule has 0 N–H and O–H groups in total. The second-order valence-corrected chi connectivity index (χ2v) is 6.51. The topological polar surface area (TPSA) is 44.1 Å². The van der Waals surface area contributed by atoms with Crippen LogP contribution < -0.4 is 4.74 Å². The van der Waals surface area contributed by atoms with Crippen molar-refractivity contribution in [2.45, 2.75) is 0 Å². The minimum atomic E-state index is -0.0703. The first-order valence-electron chi connectivity index (χ1n) is 9.31. The van der Waals surface area contributed by atoms with E-state index in [1.165, 1.54) is 0 Å². The van der Waals surface area contributed by atoms with E-state index in [2.05, 4.69) is 0 Å². The number of rotatable bonds is 6. The predicted octanol–water partition coefficient (Wildman–Crippen LogP) is 5.44. The number of methoxy groups -OCH3 is 1. The summed E-state index contributed by atoms with van der Waals surface area (Å²) in [5.41, 5.74) is 4.28. The second-order valence-electron chi connectivity index (χ2n) is 6.51. The van der Waals surface area contributed by atoms with Crippen LogP contribution in [0.1, 0.15) is 15.9 Å². The molecule has 0 saturated carbocycles. The van der Waals surface area contributed by atoms with Gasteiger partial charge in [-0.15, -0.1) is 0 Å². The highest BCUT2D eigenvalue weighted by Gasteiger charge is 2.11. The van der Waals surface area contributed by atoms with Crippen LogP contribution in [0, 0.1) is 0 Å². The summed E-state index contributed by atoms with van der Waals surface area (Å²) in [7, 11) is 1.60. The number of nitrogens with zero attached hydrogens (tertiary/aromatic N) is 2. The lowest BCUT2D eigenvalue weighted by atomic mass is 10.1. The monoisotopic (exact) mass is 380 g/mol. The molecule has 0 spiro atoms. The highest BCUT2D eigenvalue weighted by Crippen LogP contribution is 2.25. The lowest BCUT2D eigenvalue weighted by molar-refractivity contribution is 0.104. The molecule has 0 aliphatic rings. The van der Waals surface area contributed by atoms with Crippen molar-refractivity contribution in [1.29, 1.82) is 0 Å². The standard InChI is InChI=1S/C25H20N2O2/c1-29-23-15-12-19(13-16-23)24(28)17-14-21-18-27(22-10-6-3-7-11-22)26-25(21)20-8-4-2-5-9-20/h2-18H,1H3/b17-14+. The van der Waals surface area contributed by atoms with Gasteiger partial charge >= 0.3 is 0 Å². The summed E-state index contributed by atoms with van der Waals surface area (Å²) >= 11 is 0. The highest BCUT2D eigenvalue weighted by molar-refractivity contribution is 6.07. The van der Waals surface area contributed by atoms with Gasteiger partial charge in [0, 0.05) is 22.9 Å². The molecule has 0 unspecified atom stereocenters. The summed E-state index contributed by atoms with van der Waals surface area (Å²) in [6.45, 7) is 0. The van der Waals surface area contributed by atoms with Gasteiger partial charge in [0.1, 0.15) is 5.75 Å². The fraction of sp³-hybridized carbons (Fsp3) is 0.0400. The van der Waals surface area contributed by atoms with Crippen LogP contribution in [0.15, 0.2) is 97.2 Å². The number of para-hydroxylation sites is 1. The van der Waals surface area contributed by atoms with E-state index in [0.29, 0.717) is 5.56 Å². The van der Waals surface area contributed by atoms with Crippen molar-refractivity contribution in [2.75, 3.05) is 7.11 Å². The largest absolute Gasteiger partial charge is 0.497 e. The SMILES string of the molecule is COc1ccc(C(=O)/C=C/c2cn(-c3ccccc3)nc2-c2ccccc2)cc1. The van der Waals surface area contributed by atoms with Gasteiger partial charge in [-0.2, -0.15) is 5.10 Å². The van der Waals surface area contributed by atoms with Gasteiger partial charge in [0.05, 0.1) is 18.5 Å². The van der Waals surface area contributed by atoms with E-state index in [9.17, 15) is 4.79 Å². The van der Waals surface area contributed by atoms with Gasteiger partial charge in [-0.25, -0.2) is 4.68 Å². The van der Waals surface area contributed by atoms with Gasteiger partial charge in [0.2, 0.25) is 0 Å². The summed E-state index contributed by atoms with van der Waals surface area (Å²) in [5, 5.41) is 4.76. The van der Waals surface area contributed by atoms with E-state index in [-0.39, 0.29) is 5.78 Å². The Morgan fingerprint density at radius 3 is 2.21 bits per heavy atom. The predicted molar refractivity (Wildman–Crippen MR) is 115 cm³/mol. The molecule has 4 heteroatoms. The van der Waals surface area contributed by atoms with E-state index in [0.717, 1.165) is 28.3 Å². The third-order valence-corrected chi connectivity index (χ3v) is 4.60. The van der Waals surface area contributed by atoms with Crippen LogP contribution in [0.2, 0.25) is 0 Å². The van der Waals surface area contributed by atoms with Crippen LogP contribution >= 0.6 is 0 Å². The van der Waals surface area contributed by atoms with Crippen LogP contribution in [-0.4, -0.2) is 22.7 Å². The normalized spacial score (nSPS) is 10.9. The maximum absolute atomic E-state index is 12.6. The van der Waals surface area contributed by atoms with Gasteiger partial charge in [-0.3, -0.25) is 4.79 Å². The van der Waals surface area contributed by atoms with Crippen molar-refractivity contribution in [3.8, 4) is 22.7 Å². The van der Waals surface area contributed by atoms with Gasteiger partial charge in [-0.1, -0.05) is 48.5 Å². The molecule has 1 heterocycles. The van der Waals surface area contributed by atoms with Crippen molar-refractivity contribution >= 4 is 11.9 Å². The zero-order valence-electron chi connectivity index (χ0n) is 16.0. The van der Waals surface area contributed by atoms with Crippen molar-refractivity contribution in [1.82, 2.24) is 9.78 Å². The smallest absolute Gasteiger partial charge is 0.185 e. The molecule has 1 aromatic heterocycles. The van der Waals surface area contributed by atoms with Crippen LogP contribution in [0.25, 0.3) is 23.0 Å². The van der Waals surface area contributed by atoms with E-state index in [4.69, 9.17) is 9.84 Å². The quantitative estimate of drug-likeness (QED) is 0.330. The Labute approximate surface area is 169 Å². The van der Waals surface area contributed by atoms with E-state index >= 15 is 0 Å². The molecule has 0 saturated heterocycles. The Morgan fingerprint density at radius 1 is 0.897 bits per heavy atom. The second kappa shape index (κ2) is 8.40. The molecule has 0 fully saturated rings. The lowest BCUT2D eigenvalue weighted by Crippen LogP contribution is -1.94. The summed E-state index contributed by atoms with van der Waals surface area (Å²) in [5.74, 6) is 0.653. The minimum Gasteiger partial charge on any atom is -0.497 e. The third-order valence-electron chi connectivity index (χ3n) is 4.60. The highest BCUT2D eigenvalue weighted by atomic mass is 16.5. The Hall–Kier alpha value is -3.92. The van der Waals surface area contributed by atoms with E-state index < -0.39 is 0 Å². The minimum absolute atomic E-state index is 0.0703. The Morgan fingerprint density at radius 2 is 1.55 bits per heavy atom. The molecule has 0 aliphatic carbocycles. The molecule has 29 heavy (non-hydrogen) atoms. The number of benzene rings is 3. The number of aromatic nitrogens is 2. The molecule has 4 nitrogen and oxygen atoms in total.